The summed E-state index contributed by atoms with van der Waals surface area (Å²) in [6.07, 6.45) is -4.49. The topological polar surface area (TPSA) is 68.3 Å². The number of anilines is 4. The Morgan fingerprint density at radius 3 is 2.54 bits per heavy atom. The van der Waals surface area contributed by atoms with Gasteiger partial charge in [-0.05, 0) is 31.2 Å². The van der Waals surface area contributed by atoms with Crippen LogP contribution in [0.2, 0.25) is 0 Å². The van der Waals surface area contributed by atoms with Gasteiger partial charge in [0, 0.05) is 23.5 Å². The van der Waals surface area contributed by atoms with Gasteiger partial charge in [0.2, 0.25) is 12.7 Å². The van der Waals surface area contributed by atoms with E-state index in [1.165, 1.54) is 18.2 Å². The van der Waals surface area contributed by atoms with Crippen molar-refractivity contribution in [3.05, 3.63) is 59.8 Å². The molecule has 0 atom stereocenters. The van der Waals surface area contributed by atoms with Crippen molar-refractivity contribution >= 4 is 23.1 Å². The largest absolute Gasteiger partial charge is 0.454 e. The van der Waals surface area contributed by atoms with E-state index in [0.29, 0.717) is 28.7 Å². The van der Waals surface area contributed by atoms with Crippen LogP contribution < -0.4 is 20.1 Å². The highest BCUT2D eigenvalue weighted by Crippen LogP contribution is 2.36. The van der Waals surface area contributed by atoms with E-state index in [0.717, 1.165) is 6.07 Å². The Labute approximate surface area is 158 Å². The maximum Gasteiger partial charge on any atom is 0.418 e. The number of benzene rings is 2. The summed E-state index contributed by atoms with van der Waals surface area (Å²) >= 11 is 0. The van der Waals surface area contributed by atoms with Crippen LogP contribution >= 0.6 is 0 Å². The number of para-hydroxylation sites is 1. The normalized spacial score (nSPS) is 12.7. The summed E-state index contributed by atoms with van der Waals surface area (Å²) in [5.74, 6) is 1.74. The van der Waals surface area contributed by atoms with Gasteiger partial charge in [-0.2, -0.15) is 18.2 Å². The van der Waals surface area contributed by atoms with Gasteiger partial charge in [0.05, 0.1) is 11.3 Å². The molecule has 0 saturated carbocycles. The van der Waals surface area contributed by atoms with E-state index in [-0.39, 0.29) is 18.4 Å². The number of aryl methyl sites for hydroxylation is 1. The van der Waals surface area contributed by atoms with Crippen molar-refractivity contribution in [1.29, 1.82) is 0 Å². The van der Waals surface area contributed by atoms with Crippen LogP contribution in [0.4, 0.5) is 36.3 Å². The van der Waals surface area contributed by atoms with Gasteiger partial charge < -0.3 is 20.1 Å². The third kappa shape index (κ3) is 3.78. The van der Waals surface area contributed by atoms with Gasteiger partial charge in [-0.15, -0.1) is 0 Å². The van der Waals surface area contributed by atoms with E-state index >= 15 is 0 Å². The fourth-order valence-corrected chi connectivity index (χ4v) is 2.77. The molecule has 0 unspecified atom stereocenters. The number of ether oxygens (including phenoxy) is 2. The first-order chi connectivity index (χ1) is 13.4. The standard InChI is InChI=1S/C19H15F3N4O2/c1-11-8-17(24-12-6-7-15-16(9-12)28-10-27-15)26-18(23-11)25-14-5-3-2-4-13(14)19(20,21)22/h2-9H,10H2,1H3,(H2,23,24,25,26). The van der Waals surface area contributed by atoms with Crippen LogP contribution in [0.1, 0.15) is 11.3 Å². The molecule has 2 N–H and O–H groups in total. The molecule has 28 heavy (non-hydrogen) atoms. The molecule has 0 amide bonds. The van der Waals surface area contributed by atoms with Crippen LogP contribution in [0.25, 0.3) is 0 Å². The highest BCUT2D eigenvalue weighted by atomic mass is 19.4. The maximum absolute atomic E-state index is 13.2. The average Bonchev–Trinajstić information content (AvgIpc) is 3.08. The van der Waals surface area contributed by atoms with Crippen LogP contribution in [0, 0.1) is 6.92 Å². The quantitative estimate of drug-likeness (QED) is 0.654. The Bertz CT molecular complexity index is 1020. The molecule has 0 fully saturated rings. The first kappa shape index (κ1) is 17.9. The van der Waals surface area contributed by atoms with Gasteiger partial charge in [0.25, 0.3) is 0 Å². The van der Waals surface area contributed by atoms with Crippen LogP contribution in [-0.4, -0.2) is 16.8 Å². The maximum atomic E-state index is 13.2. The predicted molar refractivity (Wildman–Crippen MR) is 97.3 cm³/mol. The third-order valence-corrected chi connectivity index (χ3v) is 3.98. The Hall–Kier alpha value is -3.49. The summed E-state index contributed by atoms with van der Waals surface area (Å²) in [4.78, 5) is 8.45. The number of rotatable bonds is 4. The van der Waals surface area contributed by atoms with Gasteiger partial charge in [-0.25, -0.2) is 4.98 Å². The number of fused-ring (bicyclic) bond motifs is 1. The fraction of sp³-hybridized carbons (Fsp3) is 0.158. The van der Waals surface area contributed by atoms with Crippen LogP contribution in [-0.2, 0) is 6.18 Å². The number of hydrogen-bond acceptors (Lipinski definition) is 6. The number of halogens is 3. The third-order valence-electron chi connectivity index (χ3n) is 3.98. The molecule has 0 radical (unpaired) electrons. The van der Waals surface area contributed by atoms with E-state index < -0.39 is 11.7 Å². The summed E-state index contributed by atoms with van der Waals surface area (Å²) in [6, 6.07) is 12.2. The molecular weight excluding hydrogens is 373 g/mol. The van der Waals surface area contributed by atoms with E-state index in [4.69, 9.17) is 9.47 Å². The summed E-state index contributed by atoms with van der Waals surface area (Å²) < 4.78 is 50.2. The summed E-state index contributed by atoms with van der Waals surface area (Å²) in [7, 11) is 0. The lowest BCUT2D eigenvalue weighted by atomic mass is 10.1. The number of nitrogens with one attached hydrogen (secondary N) is 2. The summed E-state index contributed by atoms with van der Waals surface area (Å²) in [5, 5.41) is 5.76. The number of hydrogen-bond donors (Lipinski definition) is 2. The molecule has 0 aliphatic carbocycles. The van der Waals surface area contributed by atoms with Crippen molar-refractivity contribution in [1.82, 2.24) is 9.97 Å². The predicted octanol–water partition coefficient (Wildman–Crippen LogP) is 5.02. The minimum atomic E-state index is -4.49. The zero-order valence-corrected chi connectivity index (χ0v) is 14.7. The first-order valence-electron chi connectivity index (χ1n) is 8.34. The molecule has 2 aromatic carbocycles. The van der Waals surface area contributed by atoms with Crippen LogP contribution in [0.5, 0.6) is 11.5 Å². The molecule has 3 aromatic rings. The SMILES string of the molecule is Cc1cc(Nc2ccc3c(c2)OCO3)nc(Nc2ccccc2C(F)(F)F)n1. The second kappa shape index (κ2) is 6.91. The molecule has 0 spiro atoms. The van der Waals surface area contributed by atoms with Gasteiger partial charge in [-0.3, -0.25) is 0 Å². The number of alkyl halides is 3. The Morgan fingerprint density at radius 1 is 0.929 bits per heavy atom. The molecule has 2 heterocycles. The monoisotopic (exact) mass is 388 g/mol. The van der Waals surface area contributed by atoms with E-state index in [1.807, 2.05) is 0 Å². The fourth-order valence-electron chi connectivity index (χ4n) is 2.77. The summed E-state index contributed by atoms with van der Waals surface area (Å²) in [5.41, 5.74) is 0.384. The van der Waals surface area contributed by atoms with E-state index in [2.05, 4.69) is 20.6 Å². The molecule has 144 valence electrons. The Morgan fingerprint density at radius 2 is 1.71 bits per heavy atom. The van der Waals surface area contributed by atoms with Crippen molar-refractivity contribution < 1.29 is 22.6 Å². The van der Waals surface area contributed by atoms with Crippen molar-refractivity contribution in [2.45, 2.75) is 13.1 Å². The van der Waals surface area contributed by atoms with Crippen molar-refractivity contribution in [2.24, 2.45) is 0 Å². The summed E-state index contributed by atoms with van der Waals surface area (Å²) in [6.45, 7) is 1.89. The Balaban J connectivity index is 1.60. The molecule has 4 rings (SSSR count). The van der Waals surface area contributed by atoms with Gasteiger partial charge in [0.15, 0.2) is 11.5 Å². The zero-order valence-electron chi connectivity index (χ0n) is 14.7. The Kier molecular flexibility index (Phi) is 4.42. The van der Waals surface area contributed by atoms with Crippen molar-refractivity contribution in [3.8, 4) is 11.5 Å². The van der Waals surface area contributed by atoms with Crippen molar-refractivity contribution in [2.75, 3.05) is 17.4 Å². The number of aromatic nitrogens is 2. The first-order valence-corrected chi connectivity index (χ1v) is 8.34. The molecule has 9 heteroatoms. The van der Waals surface area contributed by atoms with Gasteiger partial charge in [0.1, 0.15) is 5.82 Å². The molecule has 1 aromatic heterocycles. The number of nitrogens with zero attached hydrogens (tertiary/aromatic N) is 2. The minimum absolute atomic E-state index is 0.0555. The zero-order chi connectivity index (χ0) is 19.7. The highest BCUT2D eigenvalue weighted by Gasteiger charge is 2.33. The lowest BCUT2D eigenvalue weighted by Crippen LogP contribution is -2.10. The van der Waals surface area contributed by atoms with Gasteiger partial charge in [-0.1, -0.05) is 12.1 Å². The minimum Gasteiger partial charge on any atom is -0.454 e. The molecule has 6 nitrogen and oxygen atoms in total. The molecule has 1 aliphatic rings. The smallest absolute Gasteiger partial charge is 0.418 e. The van der Waals surface area contributed by atoms with Crippen molar-refractivity contribution in [3.63, 3.8) is 0 Å². The lowest BCUT2D eigenvalue weighted by molar-refractivity contribution is -0.136. The van der Waals surface area contributed by atoms with Crippen LogP contribution in [0.3, 0.4) is 0 Å². The van der Waals surface area contributed by atoms with E-state index in [1.54, 1.807) is 31.2 Å². The lowest BCUT2D eigenvalue weighted by Gasteiger charge is -2.14. The average molecular weight is 388 g/mol. The molecular formula is C19H15F3N4O2. The second-order valence-electron chi connectivity index (χ2n) is 6.08. The van der Waals surface area contributed by atoms with E-state index in [9.17, 15) is 13.2 Å². The van der Waals surface area contributed by atoms with Crippen LogP contribution in [0.15, 0.2) is 48.5 Å². The van der Waals surface area contributed by atoms with Gasteiger partial charge >= 0.3 is 6.18 Å². The molecule has 1 aliphatic heterocycles. The highest BCUT2D eigenvalue weighted by molar-refractivity contribution is 5.64. The molecule has 0 bridgehead atoms. The molecule has 0 saturated heterocycles. The second-order valence-corrected chi connectivity index (χ2v) is 6.08.